The Hall–Kier alpha value is -2.38. The summed E-state index contributed by atoms with van der Waals surface area (Å²) in [6.07, 6.45) is 1.79. The minimum absolute atomic E-state index is 0.182. The summed E-state index contributed by atoms with van der Waals surface area (Å²) in [5.74, 6) is 0.738. The Labute approximate surface area is 147 Å². The van der Waals surface area contributed by atoms with Crippen molar-refractivity contribution in [3.05, 3.63) is 42.4 Å². The normalized spacial score (nSPS) is 16.4. The molecule has 3 N–H and O–H groups in total. The van der Waals surface area contributed by atoms with Crippen LogP contribution < -0.4 is 10.6 Å². The van der Waals surface area contributed by atoms with E-state index in [1.807, 2.05) is 37.3 Å². The molecular formula is C18H25N5O2. The molecule has 0 bridgehead atoms. The highest BCUT2D eigenvalue weighted by molar-refractivity contribution is 5.74. The fourth-order valence-corrected chi connectivity index (χ4v) is 2.79. The summed E-state index contributed by atoms with van der Waals surface area (Å²) in [6.45, 7) is 6.75. The van der Waals surface area contributed by atoms with Gasteiger partial charge in [-0.05, 0) is 12.5 Å². The van der Waals surface area contributed by atoms with Gasteiger partial charge in [-0.15, -0.1) is 0 Å². The molecule has 134 valence electrons. The van der Waals surface area contributed by atoms with Crippen LogP contribution in [-0.2, 0) is 4.74 Å². The molecule has 7 heteroatoms. The van der Waals surface area contributed by atoms with Gasteiger partial charge in [-0.1, -0.05) is 30.3 Å². The van der Waals surface area contributed by atoms with Gasteiger partial charge in [0.2, 0.25) is 0 Å². The maximum Gasteiger partial charge on any atom is 0.315 e. The molecule has 1 aromatic carbocycles. The first kappa shape index (κ1) is 17.4. The standard InChI is InChI=1S/C18H25N5O2/c1-14(17-20-13-16(22-17)15-5-3-2-4-6-15)21-18(24)19-7-8-23-9-11-25-12-10-23/h2-6,13-14H,7-12H2,1H3,(H,20,22)(H2,19,21,24)/t14-/m0/s1. The van der Waals surface area contributed by atoms with Gasteiger partial charge >= 0.3 is 6.03 Å². The third-order valence-corrected chi connectivity index (χ3v) is 4.26. The number of amides is 2. The predicted octanol–water partition coefficient (Wildman–Crippen LogP) is 1.77. The van der Waals surface area contributed by atoms with Crippen molar-refractivity contribution in [2.45, 2.75) is 13.0 Å². The van der Waals surface area contributed by atoms with E-state index in [9.17, 15) is 4.79 Å². The number of hydrogen-bond acceptors (Lipinski definition) is 4. The van der Waals surface area contributed by atoms with Gasteiger partial charge in [-0.25, -0.2) is 9.78 Å². The van der Waals surface area contributed by atoms with Gasteiger partial charge in [0.1, 0.15) is 5.82 Å². The Kier molecular flexibility index (Phi) is 6.03. The van der Waals surface area contributed by atoms with Crippen molar-refractivity contribution >= 4 is 6.03 Å². The summed E-state index contributed by atoms with van der Waals surface area (Å²) in [4.78, 5) is 22.0. The van der Waals surface area contributed by atoms with Crippen LogP contribution in [0.5, 0.6) is 0 Å². The second-order valence-electron chi connectivity index (χ2n) is 6.12. The van der Waals surface area contributed by atoms with Gasteiger partial charge < -0.3 is 20.4 Å². The molecule has 2 amide bonds. The second-order valence-corrected chi connectivity index (χ2v) is 6.12. The fourth-order valence-electron chi connectivity index (χ4n) is 2.79. The Morgan fingerprint density at radius 2 is 2.08 bits per heavy atom. The van der Waals surface area contributed by atoms with Crippen LogP contribution in [0.15, 0.2) is 36.5 Å². The zero-order valence-corrected chi connectivity index (χ0v) is 14.5. The summed E-state index contributed by atoms with van der Waals surface area (Å²) in [7, 11) is 0. The molecule has 2 heterocycles. The SMILES string of the molecule is C[C@H](NC(=O)NCCN1CCOCC1)c1ncc(-c2ccccc2)[nH]1. The molecule has 0 saturated carbocycles. The van der Waals surface area contributed by atoms with Crippen LogP contribution in [0.3, 0.4) is 0 Å². The number of urea groups is 1. The van der Waals surface area contributed by atoms with Crippen LogP contribution >= 0.6 is 0 Å². The molecule has 7 nitrogen and oxygen atoms in total. The molecule has 0 radical (unpaired) electrons. The lowest BCUT2D eigenvalue weighted by molar-refractivity contribution is 0.0387. The molecule has 1 aromatic heterocycles. The van der Waals surface area contributed by atoms with Crippen LogP contribution in [0.2, 0.25) is 0 Å². The van der Waals surface area contributed by atoms with Crippen molar-refractivity contribution in [3.63, 3.8) is 0 Å². The van der Waals surface area contributed by atoms with Crippen molar-refractivity contribution in [1.29, 1.82) is 0 Å². The first-order chi connectivity index (χ1) is 12.2. The van der Waals surface area contributed by atoms with E-state index in [-0.39, 0.29) is 12.1 Å². The number of H-pyrrole nitrogens is 1. The smallest absolute Gasteiger partial charge is 0.315 e. The molecule has 2 aromatic rings. The molecule has 25 heavy (non-hydrogen) atoms. The molecule has 3 rings (SSSR count). The number of nitrogens with zero attached hydrogens (tertiary/aromatic N) is 2. The number of aromatic amines is 1. The van der Waals surface area contributed by atoms with Gasteiger partial charge in [0.15, 0.2) is 0 Å². The Balaban J connectivity index is 1.44. The maximum absolute atomic E-state index is 12.0. The van der Waals surface area contributed by atoms with Crippen molar-refractivity contribution in [2.75, 3.05) is 39.4 Å². The van der Waals surface area contributed by atoms with Crippen LogP contribution in [-0.4, -0.2) is 60.3 Å². The van der Waals surface area contributed by atoms with Gasteiger partial charge in [0, 0.05) is 26.2 Å². The summed E-state index contributed by atoms with van der Waals surface area (Å²) in [6, 6.07) is 9.62. The molecule has 0 aliphatic carbocycles. The topological polar surface area (TPSA) is 82.3 Å². The molecule has 1 atom stereocenters. The number of rotatable bonds is 6. The maximum atomic E-state index is 12.0. The van der Waals surface area contributed by atoms with Gasteiger partial charge in [0.05, 0.1) is 31.1 Å². The number of carbonyl (C=O) groups is 1. The Bertz CT molecular complexity index is 667. The number of ether oxygens (including phenoxy) is 1. The van der Waals surface area contributed by atoms with E-state index < -0.39 is 0 Å². The third kappa shape index (κ3) is 5.04. The summed E-state index contributed by atoms with van der Waals surface area (Å²) in [5, 5.41) is 5.81. The number of benzene rings is 1. The second kappa shape index (κ2) is 8.64. The summed E-state index contributed by atoms with van der Waals surface area (Å²) >= 11 is 0. The molecule has 1 aliphatic rings. The molecular weight excluding hydrogens is 318 g/mol. The van der Waals surface area contributed by atoms with Gasteiger partial charge in [-0.3, -0.25) is 4.90 Å². The minimum Gasteiger partial charge on any atom is -0.379 e. The number of carbonyl (C=O) groups excluding carboxylic acids is 1. The Morgan fingerprint density at radius 1 is 1.32 bits per heavy atom. The van der Waals surface area contributed by atoms with E-state index in [1.54, 1.807) is 6.20 Å². The third-order valence-electron chi connectivity index (χ3n) is 4.26. The zero-order valence-electron chi connectivity index (χ0n) is 14.5. The summed E-state index contributed by atoms with van der Waals surface area (Å²) in [5.41, 5.74) is 2.01. The molecule has 1 aliphatic heterocycles. The van der Waals surface area contributed by atoms with E-state index >= 15 is 0 Å². The van der Waals surface area contributed by atoms with Crippen molar-refractivity contribution in [1.82, 2.24) is 25.5 Å². The first-order valence-corrected chi connectivity index (χ1v) is 8.67. The lowest BCUT2D eigenvalue weighted by atomic mass is 10.2. The number of imidazole rings is 1. The van der Waals surface area contributed by atoms with Crippen LogP contribution in [0.4, 0.5) is 4.79 Å². The average Bonchev–Trinajstić information content (AvgIpc) is 3.14. The van der Waals surface area contributed by atoms with Crippen LogP contribution in [0, 0.1) is 0 Å². The monoisotopic (exact) mass is 343 g/mol. The number of aromatic nitrogens is 2. The van der Waals surface area contributed by atoms with E-state index in [0.29, 0.717) is 6.54 Å². The first-order valence-electron chi connectivity index (χ1n) is 8.67. The van der Waals surface area contributed by atoms with Gasteiger partial charge in [-0.2, -0.15) is 0 Å². The molecule has 1 saturated heterocycles. The molecule has 0 unspecified atom stereocenters. The molecule has 0 spiro atoms. The quantitative estimate of drug-likeness (QED) is 0.746. The van der Waals surface area contributed by atoms with E-state index in [4.69, 9.17) is 4.74 Å². The summed E-state index contributed by atoms with van der Waals surface area (Å²) < 4.78 is 5.31. The number of hydrogen-bond donors (Lipinski definition) is 3. The highest BCUT2D eigenvalue weighted by Crippen LogP contribution is 2.18. The minimum atomic E-state index is -0.194. The van der Waals surface area contributed by atoms with E-state index in [0.717, 1.165) is 49.9 Å². The lowest BCUT2D eigenvalue weighted by Crippen LogP contribution is -2.44. The number of morpholine rings is 1. The van der Waals surface area contributed by atoms with Gasteiger partial charge in [0.25, 0.3) is 0 Å². The molecule has 1 fully saturated rings. The van der Waals surface area contributed by atoms with Crippen LogP contribution in [0.1, 0.15) is 18.8 Å². The van der Waals surface area contributed by atoms with Crippen LogP contribution in [0.25, 0.3) is 11.3 Å². The zero-order chi connectivity index (χ0) is 17.5. The fraction of sp³-hybridized carbons (Fsp3) is 0.444. The highest BCUT2D eigenvalue weighted by atomic mass is 16.5. The number of nitrogens with one attached hydrogen (secondary N) is 3. The van der Waals surface area contributed by atoms with Crippen molar-refractivity contribution in [3.8, 4) is 11.3 Å². The highest BCUT2D eigenvalue weighted by Gasteiger charge is 2.14. The van der Waals surface area contributed by atoms with Crippen molar-refractivity contribution in [2.24, 2.45) is 0 Å². The average molecular weight is 343 g/mol. The van der Waals surface area contributed by atoms with E-state index in [2.05, 4.69) is 25.5 Å². The lowest BCUT2D eigenvalue weighted by Gasteiger charge is -2.26. The largest absolute Gasteiger partial charge is 0.379 e. The Morgan fingerprint density at radius 3 is 2.84 bits per heavy atom. The van der Waals surface area contributed by atoms with E-state index in [1.165, 1.54) is 0 Å². The predicted molar refractivity (Wildman–Crippen MR) is 96.2 cm³/mol. The van der Waals surface area contributed by atoms with Crippen molar-refractivity contribution < 1.29 is 9.53 Å².